The van der Waals surface area contributed by atoms with Gasteiger partial charge in [-0.3, -0.25) is 9.78 Å². The number of fused-ring (bicyclic) bond motifs is 1. The second kappa shape index (κ2) is 7.09. The van der Waals surface area contributed by atoms with Crippen LogP contribution >= 0.6 is 0 Å². The number of carbonyl (C=O) groups is 1. The average molecular weight is 348 g/mol. The van der Waals surface area contributed by atoms with Gasteiger partial charge in [-0.25, -0.2) is 4.98 Å². The number of likely N-dealkylation sites (tertiary alicyclic amines) is 1. The van der Waals surface area contributed by atoms with Gasteiger partial charge in [-0.15, -0.1) is 0 Å². The van der Waals surface area contributed by atoms with Crippen molar-refractivity contribution in [1.29, 1.82) is 0 Å². The molecule has 3 aromatic rings. The summed E-state index contributed by atoms with van der Waals surface area (Å²) in [4.78, 5) is 23.1. The van der Waals surface area contributed by atoms with E-state index in [-0.39, 0.29) is 18.6 Å². The zero-order valence-corrected chi connectivity index (χ0v) is 14.3. The molecule has 3 heterocycles. The largest absolute Gasteiger partial charge is 0.392 e. The number of para-hydroxylation sites is 1. The molecular formula is C20H20N4O2. The highest BCUT2D eigenvalue weighted by molar-refractivity contribution is 5.92. The highest BCUT2D eigenvalue weighted by Crippen LogP contribution is 2.23. The maximum absolute atomic E-state index is 12.5. The maximum atomic E-state index is 12.5. The van der Waals surface area contributed by atoms with Gasteiger partial charge < -0.3 is 15.3 Å². The van der Waals surface area contributed by atoms with E-state index in [1.807, 2.05) is 36.4 Å². The maximum Gasteiger partial charge on any atom is 0.272 e. The van der Waals surface area contributed by atoms with Crippen molar-refractivity contribution < 1.29 is 9.90 Å². The summed E-state index contributed by atoms with van der Waals surface area (Å²) in [6.45, 7) is 1.19. The van der Waals surface area contributed by atoms with E-state index in [1.54, 1.807) is 23.2 Å². The van der Waals surface area contributed by atoms with Crippen molar-refractivity contribution >= 4 is 22.6 Å². The first-order valence-corrected chi connectivity index (χ1v) is 8.71. The normalized spacial score (nSPS) is 16.8. The molecule has 6 nitrogen and oxygen atoms in total. The van der Waals surface area contributed by atoms with Gasteiger partial charge in [-0.2, -0.15) is 0 Å². The lowest BCUT2D eigenvalue weighted by molar-refractivity contribution is 0.0786. The summed E-state index contributed by atoms with van der Waals surface area (Å²) in [6.07, 6.45) is 2.46. The number of aliphatic hydroxyl groups is 1. The molecule has 26 heavy (non-hydrogen) atoms. The molecule has 0 radical (unpaired) electrons. The molecule has 1 amide bonds. The molecule has 1 saturated heterocycles. The molecule has 1 fully saturated rings. The van der Waals surface area contributed by atoms with Gasteiger partial charge >= 0.3 is 0 Å². The standard InChI is InChI=1S/C20H20N4O2/c25-13-15-11-14-5-1-2-6-17(14)23-19(15)22-16-8-10-24(12-16)20(26)18-7-3-4-9-21-18/h1-7,9,11,16,25H,8,10,12-13H2,(H,22,23). The number of rotatable bonds is 4. The molecule has 2 aromatic heterocycles. The van der Waals surface area contributed by atoms with E-state index in [1.165, 1.54) is 0 Å². The highest BCUT2D eigenvalue weighted by atomic mass is 16.3. The smallest absolute Gasteiger partial charge is 0.272 e. The predicted molar refractivity (Wildman–Crippen MR) is 99.8 cm³/mol. The fourth-order valence-electron chi connectivity index (χ4n) is 3.31. The van der Waals surface area contributed by atoms with Gasteiger partial charge in [0.1, 0.15) is 11.5 Å². The van der Waals surface area contributed by atoms with Crippen LogP contribution in [0.15, 0.2) is 54.7 Å². The summed E-state index contributed by atoms with van der Waals surface area (Å²) in [5, 5.41) is 14.1. The minimum Gasteiger partial charge on any atom is -0.392 e. The van der Waals surface area contributed by atoms with Crippen LogP contribution in [0.3, 0.4) is 0 Å². The first-order chi connectivity index (χ1) is 12.7. The van der Waals surface area contributed by atoms with Crippen LogP contribution in [0.1, 0.15) is 22.5 Å². The Labute approximate surface area is 151 Å². The number of hydrogen-bond acceptors (Lipinski definition) is 5. The number of amides is 1. The van der Waals surface area contributed by atoms with Crippen LogP contribution in [0, 0.1) is 0 Å². The molecule has 1 atom stereocenters. The van der Waals surface area contributed by atoms with Gasteiger partial charge in [0.25, 0.3) is 5.91 Å². The Hall–Kier alpha value is -2.99. The molecule has 1 aromatic carbocycles. The molecule has 0 aliphatic carbocycles. The number of aliphatic hydroxyl groups excluding tert-OH is 1. The number of nitrogens with zero attached hydrogens (tertiary/aromatic N) is 3. The lowest BCUT2D eigenvalue weighted by Gasteiger charge is -2.18. The first-order valence-electron chi connectivity index (χ1n) is 8.71. The monoisotopic (exact) mass is 348 g/mol. The van der Waals surface area contributed by atoms with Crippen molar-refractivity contribution in [2.24, 2.45) is 0 Å². The lowest BCUT2D eigenvalue weighted by atomic mass is 10.1. The Morgan fingerprint density at radius 1 is 1.23 bits per heavy atom. The summed E-state index contributed by atoms with van der Waals surface area (Å²) in [7, 11) is 0. The Bertz CT molecular complexity index is 930. The summed E-state index contributed by atoms with van der Waals surface area (Å²) in [5.74, 6) is 0.632. The van der Waals surface area contributed by atoms with E-state index in [0.717, 1.165) is 22.9 Å². The molecule has 1 aliphatic heterocycles. The zero-order chi connectivity index (χ0) is 17.9. The van der Waals surface area contributed by atoms with Crippen molar-refractivity contribution in [3.63, 3.8) is 0 Å². The van der Waals surface area contributed by atoms with E-state index in [9.17, 15) is 9.90 Å². The van der Waals surface area contributed by atoms with Crippen LogP contribution in [0.25, 0.3) is 10.9 Å². The van der Waals surface area contributed by atoms with E-state index in [0.29, 0.717) is 24.6 Å². The van der Waals surface area contributed by atoms with Crippen molar-refractivity contribution in [3.8, 4) is 0 Å². The van der Waals surface area contributed by atoms with E-state index < -0.39 is 0 Å². The topological polar surface area (TPSA) is 78.4 Å². The molecule has 2 N–H and O–H groups in total. The van der Waals surface area contributed by atoms with Crippen LogP contribution in [0.5, 0.6) is 0 Å². The van der Waals surface area contributed by atoms with Gasteiger partial charge in [-0.1, -0.05) is 24.3 Å². The van der Waals surface area contributed by atoms with Crippen molar-refractivity contribution in [1.82, 2.24) is 14.9 Å². The molecule has 1 unspecified atom stereocenters. The van der Waals surface area contributed by atoms with Gasteiger partial charge in [0, 0.05) is 36.3 Å². The molecular weight excluding hydrogens is 328 g/mol. The average Bonchev–Trinajstić information content (AvgIpc) is 3.16. The first kappa shape index (κ1) is 16.5. The Kier molecular flexibility index (Phi) is 4.50. The summed E-state index contributed by atoms with van der Waals surface area (Å²) < 4.78 is 0. The molecule has 0 saturated carbocycles. The van der Waals surface area contributed by atoms with Crippen LogP contribution in [0.4, 0.5) is 5.82 Å². The van der Waals surface area contributed by atoms with Gasteiger partial charge in [-0.05, 0) is 30.7 Å². The van der Waals surface area contributed by atoms with Crippen molar-refractivity contribution in [2.45, 2.75) is 19.1 Å². The van der Waals surface area contributed by atoms with E-state index in [4.69, 9.17) is 0 Å². The molecule has 1 aliphatic rings. The number of pyridine rings is 2. The second-order valence-electron chi connectivity index (χ2n) is 6.44. The van der Waals surface area contributed by atoms with Crippen molar-refractivity contribution in [3.05, 3.63) is 66.0 Å². The van der Waals surface area contributed by atoms with Crippen molar-refractivity contribution in [2.75, 3.05) is 18.4 Å². The molecule has 4 rings (SSSR count). The SMILES string of the molecule is O=C(c1ccccn1)N1CCC(Nc2nc3ccccc3cc2CO)C1. The Morgan fingerprint density at radius 2 is 2.08 bits per heavy atom. The van der Waals surface area contributed by atoms with E-state index in [2.05, 4.69) is 15.3 Å². The molecule has 0 spiro atoms. The Morgan fingerprint density at radius 3 is 2.88 bits per heavy atom. The summed E-state index contributed by atoms with van der Waals surface area (Å²) in [6, 6.07) is 15.2. The number of aromatic nitrogens is 2. The van der Waals surface area contributed by atoms with Gasteiger partial charge in [0.05, 0.1) is 12.1 Å². The van der Waals surface area contributed by atoms with Gasteiger partial charge in [0.2, 0.25) is 0 Å². The summed E-state index contributed by atoms with van der Waals surface area (Å²) in [5.41, 5.74) is 2.11. The summed E-state index contributed by atoms with van der Waals surface area (Å²) >= 11 is 0. The van der Waals surface area contributed by atoms with E-state index >= 15 is 0 Å². The number of hydrogen-bond donors (Lipinski definition) is 2. The van der Waals surface area contributed by atoms with Gasteiger partial charge in [0.15, 0.2) is 0 Å². The lowest BCUT2D eigenvalue weighted by Crippen LogP contribution is -2.32. The fourth-order valence-corrected chi connectivity index (χ4v) is 3.31. The number of benzene rings is 1. The minimum absolute atomic E-state index is 0.0521. The molecule has 6 heteroatoms. The molecule has 0 bridgehead atoms. The molecule has 132 valence electrons. The third kappa shape index (κ3) is 3.23. The number of anilines is 1. The third-order valence-corrected chi connectivity index (χ3v) is 4.67. The third-order valence-electron chi connectivity index (χ3n) is 4.67. The quantitative estimate of drug-likeness (QED) is 0.757. The van der Waals surface area contributed by atoms with Crippen LogP contribution in [-0.4, -0.2) is 45.0 Å². The van der Waals surface area contributed by atoms with Crippen LogP contribution in [0.2, 0.25) is 0 Å². The zero-order valence-electron chi connectivity index (χ0n) is 14.3. The minimum atomic E-state index is -0.0799. The van der Waals surface area contributed by atoms with Crippen LogP contribution < -0.4 is 5.32 Å². The van der Waals surface area contributed by atoms with Crippen LogP contribution in [-0.2, 0) is 6.61 Å². The second-order valence-corrected chi connectivity index (χ2v) is 6.44. The predicted octanol–water partition coefficient (Wildman–Crippen LogP) is 2.45. The highest BCUT2D eigenvalue weighted by Gasteiger charge is 2.28. The Balaban J connectivity index is 1.50. The fraction of sp³-hybridized carbons (Fsp3) is 0.250. The number of nitrogens with one attached hydrogen (secondary N) is 1. The number of carbonyl (C=O) groups excluding carboxylic acids is 1.